The molecule has 1 atom stereocenters. The Kier molecular flexibility index (Phi) is 4.78. The summed E-state index contributed by atoms with van der Waals surface area (Å²) in [4.78, 5) is 0. The Hall–Kier alpha value is -0.980. The van der Waals surface area contributed by atoms with Gasteiger partial charge in [-0.15, -0.1) is 0 Å². The summed E-state index contributed by atoms with van der Waals surface area (Å²) >= 11 is 6.18. The average molecular weight is 408 g/mol. The first-order valence-electron chi connectivity index (χ1n) is 5.60. The lowest BCUT2D eigenvalue weighted by Crippen LogP contribution is -2.04. The number of ether oxygens (including phenoxy) is 1. The zero-order valence-corrected chi connectivity index (χ0v) is 13.5. The first-order chi connectivity index (χ1) is 9.43. The lowest BCUT2D eigenvalue weighted by atomic mass is 10.0. The van der Waals surface area contributed by atoms with Crippen LogP contribution in [0.2, 0.25) is 0 Å². The molecule has 1 unspecified atom stereocenters. The minimum Gasteiger partial charge on any atom is -0.496 e. The molecule has 1 N–H and O–H groups in total. The summed E-state index contributed by atoms with van der Waals surface area (Å²) in [6.45, 7) is 0. The standard InChI is InChI=1S/C14H10Br2F2O2/c1-20-13-3-2-7(4-10(13)16)14(19)8-5-12(18)9(15)6-11(8)17/h2-6,14,19H,1H3. The molecule has 0 aliphatic carbocycles. The van der Waals surface area contributed by atoms with Crippen LogP contribution in [0.3, 0.4) is 0 Å². The average Bonchev–Trinajstić information content (AvgIpc) is 2.42. The van der Waals surface area contributed by atoms with Crippen molar-refractivity contribution in [3.05, 3.63) is 62.0 Å². The number of halogens is 4. The summed E-state index contributed by atoms with van der Waals surface area (Å²) in [7, 11) is 1.51. The molecule has 0 aliphatic heterocycles. The van der Waals surface area contributed by atoms with Crippen LogP contribution < -0.4 is 4.74 Å². The van der Waals surface area contributed by atoms with Crippen LogP contribution in [0.1, 0.15) is 17.2 Å². The molecular formula is C14H10Br2F2O2. The topological polar surface area (TPSA) is 29.5 Å². The van der Waals surface area contributed by atoms with Gasteiger partial charge in [-0.1, -0.05) is 6.07 Å². The largest absolute Gasteiger partial charge is 0.496 e. The Morgan fingerprint density at radius 1 is 1.05 bits per heavy atom. The number of methoxy groups -OCH3 is 1. The Morgan fingerprint density at radius 3 is 2.35 bits per heavy atom. The van der Waals surface area contributed by atoms with Crippen LogP contribution in [-0.4, -0.2) is 12.2 Å². The second-order valence-corrected chi connectivity index (χ2v) is 5.79. The van der Waals surface area contributed by atoms with E-state index >= 15 is 0 Å². The van der Waals surface area contributed by atoms with E-state index in [1.165, 1.54) is 7.11 Å². The van der Waals surface area contributed by atoms with E-state index in [-0.39, 0.29) is 10.0 Å². The fourth-order valence-corrected chi connectivity index (χ4v) is 2.65. The minimum absolute atomic E-state index is 0.0156. The zero-order chi connectivity index (χ0) is 14.9. The molecule has 106 valence electrons. The van der Waals surface area contributed by atoms with E-state index in [0.29, 0.717) is 15.8 Å². The SMILES string of the molecule is COc1ccc(C(O)c2cc(F)c(Br)cc2F)cc1Br. The van der Waals surface area contributed by atoms with Gasteiger partial charge in [-0.2, -0.15) is 0 Å². The molecule has 0 bridgehead atoms. The van der Waals surface area contributed by atoms with Gasteiger partial charge in [-0.25, -0.2) is 8.78 Å². The van der Waals surface area contributed by atoms with Gasteiger partial charge in [-0.3, -0.25) is 0 Å². The third kappa shape index (κ3) is 3.02. The maximum absolute atomic E-state index is 13.8. The Bertz CT molecular complexity index is 647. The number of aliphatic hydroxyl groups is 1. The molecule has 0 amide bonds. The maximum atomic E-state index is 13.8. The van der Waals surface area contributed by atoms with E-state index < -0.39 is 17.7 Å². The minimum atomic E-state index is -1.26. The van der Waals surface area contributed by atoms with Crippen molar-refractivity contribution in [2.75, 3.05) is 7.11 Å². The van der Waals surface area contributed by atoms with Crippen LogP contribution in [0, 0.1) is 11.6 Å². The highest BCUT2D eigenvalue weighted by atomic mass is 79.9. The lowest BCUT2D eigenvalue weighted by molar-refractivity contribution is 0.214. The van der Waals surface area contributed by atoms with Crippen molar-refractivity contribution >= 4 is 31.9 Å². The van der Waals surface area contributed by atoms with Crippen LogP contribution in [0.4, 0.5) is 8.78 Å². The van der Waals surface area contributed by atoms with Crippen molar-refractivity contribution in [1.82, 2.24) is 0 Å². The van der Waals surface area contributed by atoms with Crippen LogP contribution in [-0.2, 0) is 0 Å². The van der Waals surface area contributed by atoms with Gasteiger partial charge in [0.25, 0.3) is 0 Å². The smallest absolute Gasteiger partial charge is 0.137 e. The molecule has 2 aromatic rings. The van der Waals surface area contributed by atoms with Crippen molar-refractivity contribution in [2.45, 2.75) is 6.10 Å². The molecule has 0 heterocycles. The Morgan fingerprint density at radius 2 is 1.75 bits per heavy atom. The molecule has 0 spiro atoms. The summed E-state index contributed by atoms with van der Waals surface area (Å²) < 4.78 is 33.0. The van der Waals surface area contributed by atoms with E-state index in [1.807, 2.05) is 0 Å². The van der Waals surface area contributed by atoms with Gasteiger partial charge in [0, 0.05) is 5.56 Å². The van der Waals surface area contributed by atoms with Gasteiger partial charge in [0.05, 0.1) is 16.1 Å². The Labute approximate surface area is 131 Å². The monoisotopic (exact) mass is 406 g/mol. The van der Waals surface area contributed by atoms with Crippen molar-refractivity contribution in [3.63, 3.8) is 0 Å². The molecule has 0 saturated carbocycles. The molecule has 2 nitrogen and oxygen atoms in total. The van der Waals surface area contributed by atoms with Crippen molar-refractivity contribution in [2.24, 2.45) is 0 Å². The molecular weight excluding hydrogens is 398 g/mol. The predicted octanol–water partition coefficient (Wildman–Crippen LogP) is 4.58. The molecule has 0 radical (unpaired) electrons. The molecule has 2 aromatic carbocycles. The van der Waals surface area contributed by atoms with Gasteiger partial charge in [0.2, 0.25) is 0 Å². The molecule has 0 aromatic heterocycles. The second kappa shape index (κ2) is 6.20. The van der Waals surface area contributed by atoms with Gasteiger partial charge in [0.1, 0.15) is 23.5 Å². The summed E-state index contributed by atoms with van der Waals surface area (Å²) in [6, 6.07) is 6.79. The summed E-state index contributed by atoms with van der Waals surface area (Å²) in [6.07, 6.45) is -1.26. The third-order valence-corrected chi connectivity index (χ3v) is 4.05. The highest BCUT2D eigenvalue weighted by Gasteiger charge is 2.18. The quantitative estimate of drug-likeness (QED) is 0.754. The van der Waals surface area contributed by atoms with Crippen LogP contribution in [0.25, 0.3) is 0 Å². The predicted molar refractivity (Wildman–Crippen MR) is 78.8 cm³/mol. The first-order valence-corrected chi connectivity index (χ1v) is 7.18. The lowest BCUT2D eigenvalue weighted by Gasteiger charge is -2.14. The number of aliphatic hydroxyl groups excluding tert-OH is 1. The van der Waals surface area contributed by atoms with E-state index in [0.717, 1.165) is 12.1 Å². The third-order valence-electron chi connectivity index (χ3n) is 2.83. The van der Waals surface area contributed by atoms with E-state index in [9.17, 15) is 13.9 Å². The highest BCUT2D eigenvalue weighted by Crippen LogP contribution is 2.32. The molecule has 6 heteroatoms. The van der Waals surface area contributed by atoms with Crippen molar-refractivity contribution in [1.29, 1.82) is 0 Å². The molecule has 20 heavy (non-hydrogen) atoms. The van der Waals surface area contributed by atoms with Crippen LogP contribution in [0.5, 0.6) is 5.75 Å². The summed E-state index contributed by atoms with van der Waals surface area (Å²) in [5, 5.41) is 10.2. The number of hydrogen-bond donors (Lipinski definition) is 1. The summed E-state index contributed by atoms with van der Waals surface area (Å²) in [5.74, 6) is -0.728. The first kappa shape index (κ1) is 15.4. The highest BCUT2D eigenvalue weighted by molar-refractivity contribution is 9.10. The van der Waals surface area contributed by atoms with Crippen molar-refractivity contribution < 1.29 is 18.6 Å². The van der Waals surface area contributed by atoms with Crippen molar-refractivity contribution in [3.8, 4) is 5.75 Å². The van der Waals surface area contributed by atoms with Crippen LogP contribution in [0.15, 0.2) is 39.3 Å². The number of benzene rings is 2. The summed E-state index contributed by atoms with van der Waals surface area (Å²) in [5.41, 5.74) is 0.307. The molecule has 0 fully saturated rings. The Balaban J connectivity index is 2.43. The fraction of sp³-hybridized carbons (Fsp3) is 0.143. The second-order valence-electron chi connectivity index (χ2n) is 4.08. The van der Waals surface area contributed by atoms with Gasteiger partial charge < -0.3 is 9.84 Å². The van der Waals surface area contributed by atoms with Gasteiger partial charge >= 0.3 is 0 Å². The molecule has 2 rings (SSSR count). The normalized spacial score (nSPS) is 12.3. The maximum Gasteiger partial charge on any atom is 0.137 e. The van der Waals surface area contributed by atoms with Gasteiger partial charge in [-0.05, 0) is 61.7 Å². The van der Waals surface area contributed by atoms with Crippen LogP contribution >= 0.6 is 31.9 Å². The number of hydrogen-bond acceptors (Lipinski definition) is 2. The molecule has 0 saturated heterocycles. The zero-order valence-electron chi connectivity index (χ0n) is 10.3. The molecule has 0 aliphatic rings. The van der Waals surface area contributed by atoms with E-state index in [1.54, 1.807) is 18.2 Å². The fourth-order valence-electron chi connectivity index (χ4n) is 1.78. The van der Waals surface area contributed by atoms with Gasteiger partial charge in [0.15, 0.2) is 0 Å². The van der Waals surface area contributed by atoms with E-state index in [4.69, 9.17) is 4.74 Å². The van der Waals surface area contributed by atoms with E-state index in [2.05, 4.69) is 31.9 Å². The number of rotatable bonds is 3.